The van der Waals surface area contributed by atoms with Gasteiger partial charge in [0.15, 0.2) is 0 Å². The first-order valence-corrected chi connectivity index (χ1v) is 15.6. The monoisotopic (exact) mass is 596 g/mol. The summed E-state index contributed by atoms with van der Waals surface area (Å²) in [5.74, 6) is -2.67. The fourth-order valence-electron chi connectivity index (χ4n) is 5.47. The van der Waals surface area contributed by atoms with E-state index < -0.39 is 60.4 Å². The van der Waals surface area contributed by atoms with Crippen molar-refractivity contribution in [3.8, 4) is 0 Å². The zero-order valence-electron chi connectivity index (χ0n) is 23.8. The summed E-state index contributed by atoms with van der Waals surface area (Å²) in [5.41, 5.74) is 1.59. The topological polar surface area (TPSA) is 175 Å². The summed E-state index contributed by atoms with van der Waals surface area (Å²) in [4.78, 5) is 36.8. The van der Waals surface area contributed by atoms with Gasteiger partial charge in [0, 0.05) is 25.5 Å². The Hall–Kier alpha value is -2.22. The first kappa shape index (κ1) is 33.3. The van der Waals surface area contributed by atoms with Gasteiger partial charge in [0.1, 0.15) is 12.2 Å². The molecule has 0 radical (unpaired) electrons. The van der Waals surface area contributed by atoms with Gasteiger partial charge in [0.05, 0.1) is 24.9 Å². The first-order valence-electron chi connectivity index (χ1n) is 14.4. The molecular weight excluding hydrogens is 552 g/mol. The molecular formula is C29H44N2O9S. The Balaban J connectivity index is 1.66. The minimum atomic E-state index is -2.29. The molecule has 2 aliphatic rings. The lowest BCUT2D eigenvalue weighted by Crippen LogP contribution is -2.68. The van der Waals surface area contributed by atoms with Gasteiger partial charge < -0.3 is 40.5 Å². The van der Waals surface area contributed by atoms with Gasteiger partial charge in [-0.1, -0.05) is 38.3 Å². The number of ether oxygens (including phenoxy) is 2. The highest BCUT2D eigenvalue weighted by atomic mass is 32.2. The van der Waals surface area contributed by atoms with Crippen molar-refractivity contribution in [2.45, 2.75) is 101 Å². The second kappa shape index (κ2) is 15.9. The third-order valence-electron chi connectivity index (χ3n) is 7.69. The van der Waals surface area contributed by atoms with E-state index in [1.165, 1.54) is 31.7 Å². The molecule has 1 aliphatic heterocycles. The molecule has 6 atom stereocenters. The van der Waals surface area contributed by atoms with Crippen molar-refractivity contribution in [2.75, 3.05) is 24.7 Å². The van der Waals surface area contributed by atoms with Gasteiger partial charge in [0.25, 0.3) is 11.7 Å². The second-order valence-corrected chi connectivity index (χ2v) is 12.2. The third-order valence-corrected chi connectivity index (χ3v) is 8.68. The fourth-order valence-corrected chi connectivity index (χ4v) is 6.08. The number of carboxylic acid groups (broad SMARTS) is 1. The largest absolute Gasteiger partial charge is 0.477 e. The summed E-state index contributed by atoms with van der Waals surface area (Å²) in [7, 11) is 0. The summed E-state index contributed by atoms with van der Waals surface area (Å²) in [5, 5.41) is 47.6. The molecule has 1 saturated carbocycles. The summed E-state index contributed by atoms with van der Waals surface area (Å²) >= 11 is 1.66. The molecule has 6 N–H and O–H groups in total. The van der Waals surface area contributed by atoms with E-state index in [1.807, 2.05) is 19.1 Å². The van der Waals surface area contributed by atoms with E-state index in [0.717, 1.165) is 24.3 Å². The predicted octanol–water partition coefficient (Wildman–Crippen LogP) is 1.78. The molecule has 2 amide bonds. The van der Waals surface area contributed by atoms with E-state index in [9.17, 15) is 34.8 Å². The molecule has 3 rings (SSSR count). The normalized spacial score (nSPS) is 26.6. The van der Waals surface area contributed by atoms with Gasteiger partial charge in [-0.25, -0.2) is 4.79 Å². The highest BCUT2D eigenvalue weighted by molar-refractivity contribution is 7.99. The summed E-state index contributed by atoms with van der Waals surface area (Å²) in [6.45, 7) is 2.84. The number of carboxylic acids is 1. The molecule has 0 spiro atoms. The van der Waals surface area contributed by atoms with Gasteiger partial charge in [-0.15, -0.1) is 0 Å². The molecule has 41 heavy (non-hydrogen) atoms. The highest BCUT2D eigenvalue weighted by Crippen LogP contribution is 2.34. The lowest BCUT2D eigenvalue weighted by molar-refractivity contribution is -0.310. The molecule has 1 heterocycles. The average Bonchev–Trinajstić information content (AvgIpc) is 2.96. The number of aliphatic carboxylic acids is 1. The van der Waals surface area contributed by atoms with E-state index in [4.69, 9.17) is 9.47 Å². The number of carbonyl (C=O) groups is 3. The maximum absolute atomic E-state index is 12.8. The molecule has 0 aromatic heterocycles. The Morgan fingerprint density at radius 1 is 1.15 bits per heavy atom. The van der Waals surface area contributed by atoms with Crippen LogP contribution in [-0.4, -0.2) is 99.1 Å². The SMILES string of the molecule is CCSCCCO[C@]1(C(=O)O)CC(O)[C@@H](NC(C)=O)C([C@H](O)[C@H](O)CNC(=O)c2ccc(C3CCCCC3)cc2)O1. The van der Waals surface area contributed by atoms with Crippen molar-refractivity contribution in [1.82, 2.24) is 10.6 Å². The van der Waals surface area contributed by atoms with Crippen molar-refractivity contribution >= 4 is 29.5 Å². The highest BCUT2D eigenvalue weighted by Gasteiger charge is 2.55. The molecule has 2 fully saturated rings. The van der Waals surface area contributed by atoms with Crippen LogP contribution >= 0.6 is 11.8 Å². The Bertz CT molecular complexity index is 1000. The number of aliphatic hydroxyl groups excluding tert-OH is 3. The number of hydrogen-bond donors (Lipinski definition) is 6. The maximum Gasteiger partial charge on any atom is 0.364 e. The van der Waals surface area contributed by atoms with E-state index in [2.05, 4.69) is 10.6 Å². The van der Waals surface area contributed by atoms with Gasteiger partial charge in [-0.3, -0.25) is 9.59 Å². The molecule has 0 bridgehead atoms. The molecule has 230 valence electrons. The van der Waals surface area contributed by atoms with Gasteiger partial charge in [0.2, 0.25) is 5.91 Å². The summed E-state index contributed by atoms with van der Waals surface area (Å²) in [6.07, 6.45) is -0.434. The molecule has 1 aromatic carbocycles. The molecule has 1 aliphatic carbocycles. The minimum absolute atomic E-state index is 0.0256. The van der Waals surface area contributed by atoms with E-state index in [0.29, 0.717) is 17.9 Å². The van der Waals surface area contributed by atoms with E-state index >= 15 is 0 Å². The van der Waals surface area contributed by atoms with E-state index in [1.54, 1.807) is 23.9 Å². The van der Waals surface area contributed by atoms with Gasteiger partial charge in [-0.05, 0) is 54.4 Å². The first-order chi connectivity index (χ1) is 19.6. The fraction of sp³-hybridized carbons (Fsp3) is 0.690. The van der Waals surface area contributed by atoms with Crippen molar-refractivity contribution in [3.05, 3.63) is 35.4 Å². The minimum Gasteiger partial charge on any atom is -0.477 e. The molecule has 11 nitrogen and oxygen atoms in total. The van der Waals surface area contributed by atoms with E-state index in [-0.39, 0.29) is 13.2 Å². The molecule has 1 aromatic rings. The second-order valence-electron chi connectivity index (χ2n) is 10.8. The Kier molecular flexibility index (Phi) is 12.9. The zero-order chi connectivity index (χ0) is 30.0. The van der Waals surface area contributed by atoms with Gasteiger partial charge >= 0.3 is 5.97 Å². The van der Waals surface area contributed by atoms with Crippen LogP contribution in [0.25, 0.3) is 0 Å². The Labute approximate surface area is 245 Å². The van der Waals surface area contributed by atoms with Gasteiger partial charge in [-0.2, -0.15) is 11.8 Å². The van der Waals surface area contributed by atoms with Crippen LogP contribution in [0.3, 0.4) is 0 Å². The van der Waals surface area contributed by atoms with Crippen molar-refractivity contribution in [1.29, 1.82) is 0 Å². The average molecular weight is 597 g/mol. The Morgan fingerprint density at radius 2 is 1.83 bits per heavy atom. The number of nitrogens with one attached hydrogen (secondary N) is 2. The smallest absolute Gasteiger partial charge is 0.364 e. The zero-order valence-corrected chi connectivity index (χ0v) is 24.6. The standard InChI is InChI=1S/C29H44N2O9S/c1-3-41-15-7-14-39-29(28(37)38)16-22(33)24(31-18(2)32)26(40-29)25(35)23(34)17-30-27(36)21-12-10-20(11-13-21)19-8-5-4-6-9-19/h10-13,19,22-26,33-35H,3-9,14-17H2,1-2H3,(H,30,36)(H,31,32)(H,37,38)/t22?,23-,24-,25-,26?,29-/m1/s1. The van der Waals surface area contributed by atoms with Crippen LogP contribution in [-0.2, 0) is 19.1 Å². The van der Waals surface area contributed by atoms with Crippen LogP contribution < -0.4 is 10.6 Å². The number of carbonyl (C=O) groups excluding carboxylic acids is 2. The van der Waals surface area contributed by atoms with Crippen LogP contribution in [0.2, 0.25) is 0 Å². The predicted molar refractivity (Wildman–Crippen MR) is 154 cm³/mol. The van der Waals surface area contributed by atoms with Crippen LogP contribution in [0.5, 0.6) is 0 Å². The summed E-state index contributed by atoms with van der Waals surface area (Å²) < 4.78 is 11.3. The van der Waals surface area contributed by atoms with Crippen LogP contribution in [0.15, 0.2) is 24.3 Å². The van der Waals surface area contributed by atoms with Crippen molar-refractivity contribution in [2.24, 2.45) is 0 Å². The molecule has 2 unspecified atom stereocenters. The third kappa shape index (κ3) is 9.13. The van der Waals surface area contributed by atoms with Crippen LogP contribution in [0.4, 0.5) is 0 Å². The molecule has 1 saturated heterocycles. The lowest BCUT2D eigenvalue weighted by atomic mass is 9.84. The lowest BCUT2D eigenvalue weighted by Gasteiger charge is -2.46. The number of benzene rings is 1. The van der Waals surface area contributed by atoms with Crippen LogP contribution in [0, 0.1) is 0 Å². The van der Waals surface area contributed by atoms with Crippen molar-refractivity contribution in [3.63, 3.8) is 0 Å². The van der Waals surface area contributed by atoms with Crippen molar-refractivity contribution < 1.29 is 44.3 Å². The Morgan fingerprint density at radius 3 is 2.44 bits per heavy atom. The number of thioether (sulfide) groups is 1. The quantitative estimate of drug-likeness (QED) is 0.174. The number of amides is 2. The van der Waals surface area contributed by atoms with Crippen LogP contribution in [0.1, 0.15) is 80.6 Å². The number of rotatable bonds is 14. The maximum atomic E-state index is 12.8. The number of hydrogen-bond acceptors (Lipinski definition) is 9. The summed E-state index contributed by atoms with van der Waals surface area (Å²) in [6, 6.07) is 6.11. The number of aliphatic hydroxyl groups is 3. The molecule has 12 heteroatoms.